The summed E-state index contributed by atoms with van der Waals surface area (Å²) in [5, 5.41) is 0. The molecule has 5 nitrogen and oxygen atoms in total. The first kappa shape index (κ1) is 12.5. The summed E-state index contributed by atoms with van der Waals surface area (Å²) in [6, 6.07) is 8.94. The summed E-state index contributed by atoms with van der Waals surface area (Å²) in [5.41, 5.74) is 8.70. The van der Waals surface area contributed by atoms with Crippen molar-refractivity contribution in [2.75, 3.05) is 12.3 Å². The summed E-state index contributed by atoms with van der Waals surface area (Å²) in [5.74, 6) is -0.236. The number of nitrogens with two attached hydrogens (primary N) is 1. The lowest BCUT2D eigenvalue weighted by molar-refractivity contribution is 0.0733. The average molecular weight is 269 g/mol. The Kier molecular flexibility index (Phi) is 3.02. The third-order valence-corrected chi connectivity index (χ3v) is 3.64. The van der Waals surface area contributed by atoms with E-state index < -0.39 is 0 Å². The summed E-state index contributed by atoms with van der Waals surface area (Å²) in [6.07, 6.45) is 2.24. The first-order valence-corrected chi connectivity index (χ1v) is 6.50. The number of rotatable bonds is 1. The zero-order chi connectivity index (χ0) is 14.1. The Balaban J connectivity index is 1.89. The number of nitrogen functional groups attached to an aromatic ring is 1. The Hall–Kier alpha value is -2.56. The molecular formula is C15H15N3O2. The number of pyridine rings is 1. The summed E-state index contributed by atoms with van der Waals surface area (Å²) in [7, 11) is 0. The van der Waals surface area contributed by atoms with Crippen LogP contribution in [-0.4, -0.2) is 22.3 Å². The quantitative estimate of drug-likeness (QED) is 0.762. The number of hydrogen-bond donors (Lipinski definition) is 2. The fourth-order valence-electron chi connectivity index (χ4n) is 2.57. The van der Waals surface area contributed by atoms with Crippen LogP contribution in [0.15, 0.2) is 41.3 Å². The van der Waals surface area contributed by atoms with Gasteiger partial charge in [-0.2, -0.15) is 0 Å². The average Bonchev–Trinajstić information content (AvgIpc) is 2.47. The number of benzene rings is 1. The van der Waals surface area contributed by atoms with Gasteiger partial charge < -0.3 is 15.6 Å². The van der Waals surface area contributed by atoms with Gasteiger partial charge in [0.05, 0.1) is 0 Å². The van der Waals surface area contributed by atoms with Crippen LogP contribution in [0, 0.1) is 0 Å². The zero-order valence-electron chi connectivity index (χ0n) is 10.9. The fourth-order valence-corrected chi connectivity index (χ4v) is 2.57. The van der Waals surface area contributed by atoms with Crippen LogP contribution >= 0.6 is 0 Å². The number of H-pyrrole nitrogens is 1. The van der Waals surface area contributed by atoms with Gasteiger partial charge in [-0.1, -0.05) is 12.1 Å². The number of carbonyl (C=O) groups excluding carboxylic acids is 1. The lowest BCUT2D eigenvalue weighted by Gasteiger charge is -2.29. The van der Waals surface area contributed by atoms with Crippen LogP contribution in [0.4, 0.5) is 5.69 Å². The van der Waals surface area contributed by atoms with Crippen LogP contribution < -0.4 is 11.3 Å². The second kappa shape index (κ2) is 4.85. The molecule has 1 aliphatic heterocycles. The highest BCUT2D eigenvalue weighted by Gasteiger charge is 2.24. The lowest BCUT2D eigenvalue weighted by Crippen LogP contribution is -2.38. The molecule has 0 unspecified atom stereocenters. The van der Waals surface area contributed by atoms with Crippen LogP contribution in [0.25, 0.3) is 0 Å². The van der Waals surface area contributed by atoms with E-state index in [1.54, 1.807) is 17.0 Å². The number of aromatic amines is 1. The maximum atomic E-state index is 12.4. The van der Waals surface area contributed by atoms with E-state index in [4.69, 9.17) is 5.73 Å². The van der Waals surface area contributed by atoms with Crippen molar-refractivity contribution in [1.29, 1.82) is 0 Å². The van der Waals surface area contributed by atoms with Crippen LogP contribution in [0.2, 0.25) is 0 Å². The van der Waals surface area contributed by atoms with Crippen molar-refractivity contribution < 1.29 is 4.79 Å². The molecule has 0 bridgehead atoms. The van der Waals surface area contributed by atoms with E-state index in [1.807, 2.05) is 18.2 Å². The number of nitrogens with one attached hydrogen (secondary N) is 1. The zero-order valence-corrected chi connectivity index (χ0v) is 10.9. The van der Waals surface area contributed by atoms with Gasteiger partial charge >= 0.3 is 0 Å². The molecule has 2 heterocycles. The lowest BCUT2D eigenvalue weighted by atomic mass is 9.97. The molecule has 0 fully saturated rings. The van der Waals surface area contributed by atoms with E-state index in [0.717, 1.165) is 23.2 Å². The fraction of sp³-hybridized carbons (Fsp3) is 0.200. The molecule has 0 atom stereocenters. The molecule has 3 rings (SSSR count). The molecule has 20 heavy (non-hydrogen) atoms. The summed E-state index contributed by atoms with van der Waals surface area (Å²) < 4.78 is 0. The maximum Gasteiger partial charge on any atom is 0.260 e. The Labute approximate surface area is 116 Å². The molecule has 0 spiro atoms. The highest BCUT2D eigenvalue weighted by molar-refractivity contribution is 5.94. The van der Waals surface area contributed by atoms with Crippen LogP contribution in [0.3, 0.4) is 0 Å². The van der Waals surface area contributed by atoms with Gasteiger partial charge in [0.25, 0.3) is 11.5 Å². The maximum absolute atomic E-state index is 12.4. The van der Waals surface area contributed by atoms with E-state index >= 15 is 0 Å². The van der Waals surface area contributed by atoms with Crippen LogP contribution in [0.5, 0.6) is 0 Å². The minimum atomic E-state index is -0.351. The van der Waals surface area contributed by atoms with Crippen molar-refractivity contribution in [3.63, 3.8) is 0 Å². The monoisotopic (exact) mass is 269 g/mol. The minimum absolute atomic E-state index is 0.180. The van der Waals surface area contributed by atoms with Crippen molar-refractivity contribution in [2.45, 2.75) is 13.0 Å². The molecule has 2 aromatic rings. The van der Waals surface area contributed by atoms with Gasteiger partial charge in [0.2, 0.25) is 0 Å². The first-order chi connectivity index (χ1) is 9.66. The molecule has 0 saturated carbocycles. The second-order valence-electron chi connectivity index (χ2n) is 4.87. The van der Waals surface area contributed by atoms with Crippen molar-refractivity contribution in [1.82, 2.24) is 9.88 Å². The second-order valence-corrected chi connectivity index (χ2v) is 4.87. The topological polar surface area (TPSA) is 79.2 Å². The van der Waals surface area contributed by atoms with Gasteiger partial charge in [0, 0.05) is 25.0 Å². The van der Waals surface area contributed by atoms with E-state index in [-0.39, 0.29) is 17.0 Å². The molecule has 0 saturated heterocycles. The molecule has 102 valence electrons. The Bertz CT molecular complexity index is 721. The van der Waals surface area contributed by atoms with Crippen molar-refractivity contribution in [3.05, 3.63) is 63.6 Å². The number of hydrogen-bond acceptors (Lipinski definition) is 3. The number of anilines is 1. The highest BCUT2D eigenvalue weighted by Crippen LogP contribution is 2.24. The van der Waals surface area contributed by atoms with Gasteiger partial charge in [-0.3, -0.25) is 9.59 Å². The van der Waals surface area contributed by atoms with Gasteiger partial charge in [0.15, 0.2) is 0 Å². The SMILES string of the molecule is Nc1cccc2c1CCN(C(=O)c1ccc[nH]c1=O)C2. The molecule has 0 aliphatic carbocycles. The smallest absolute Gasteiger partial charge is 0.260 e. The summed E-state index contributed by atoms with van der Waals surface area (Å²) in [6.45, 7) is 1.07. The molecular weight excluding hydrogens is 254 g/mol. The van der Waals surface area contributed by atoms with Gasteiger partial charge in [-0.25, -0.2) is 0 Å². The molecule has 5 heteroatoms. The number of carbonyl (C=O) groups is 1. The number of nitrogens with zero attached hydrogens (tertiary/aromatic N) is 1. The van der Waals surface area contributed by atoms with Crippen molar-refractivity contribution >= 4 is 11.6 Å². The number of aromatic nitrogens is 1. The van der Waals surface area contributed by atoms with Gasteiger partial charge in [0.1, 0.15) is 5.56 Å². The Morgan fingerprint density at radius 3 is 2.90 bits per heavy atom. The third-order valence-electron chi connectivity index (χ3n) is 3.64. The van der Waals surface area contributed by atoms with Gasteiger partial charge in [-0.15, -0.1) is 0 Å². The summed E-state index contributed by atoms with van der Waals surface area (Å²) in [4.78, 5) is 28.3. The van der Waals surface area contributed by atoms with E-state index in [0.29, 0.717) is 13.1 Å². The normalized spacial score (nSPS) is 13.9. The molecule has 1 aromatic carbocycles. The van der Waals surface area contributed by atoms with Gasteiger partial charge in [-0.05, 0) is 35.7 Å². The molecule has 3 N–H and O–H groups in total. The minimum Gasteiger partial charge on any atom is -0.398 e. The van der Waals surface area contributed by atoms with Crippen LogP contribution in [-0.2, 0) is 13.0 Å². The van der Waals surface area contributed by atoms with Crippen LogP contribution in [0.1, 0.15) is 21.5 Å². The predicted octanol–water partition coefficient (Wildman–Crippen LogP) is 1.16. The van der Waals surface area contributed by atoms with E-state index in [1.165, 1.54) is 6.20 Å². The van der Waals surface area contributed by atoms with E-state index in [9.17, 15) is 9.59 Å². The molecule has 1 aromatic heterocycles. The third kappa shape index (κ3) is 2.07. The number of amides is 1. The molecule has 1 aliphatic rings. The Morgan fingerprint density at radius 2 is 2.10 bits per heavy atom. The highest BCUT2D eigenvalue weighted by atomic mass is 16.2. The van der Waals surface area contributed by atoms with Crippen molar-refractivity contribution in [2.24, 2.45) is 0 Å². The first-order valence-electron chi connectivity index (χ1n) is 6.50. The number of fused-ring (bicyclic) bond motifs is 1. The summed E-state index contributed by atoms with van der Waals surface area (Å²) >= 11 is 0. The Morgan fingerprint density at radius 1 is 1.25 bits per heavy atom. The molecule has 0 radical (unpaired) electrons. The standard InChI is InChI=1S/C15H15N3O2/c16-13-5-1-3-10-9-18(8-6-11(10)13)15(20)12-4-2-7-17-14(12)19/h1-5,7H,6,8-9,16H2,(H,17,19). The molecule has 1 amide bonds. The predicted molar refractivity (Wildman–Crippen MR) is 76.4 cm³/mol. The van der Waals surface area contributed by atoms with Crippen molar-refractivity contribution in [3.8, 4) is 0 Å². The largest absolute Gasteiger partial charge is 0.398 e. The van der Waals surface area contributed by atoms with E-state index in [2.05, 4.69) is 4.98 Å².